The Morgan fingerprint density at radius 3 is 2.23 bits per heavy atom. The third-order valence-corrected chi connectivity index (χ3v) is 1.91. The second kappa shape index (κ2) is 3.43. The Labute approximate surface area is 72.2 Å². The molecule has 0 unspecified atom stereocenters. The topological polar surface area (TPSA) is 90.2 Å². The summed E-state index contributed by atoms with van der Waals surface area (Å²) < 4.78 is 29.6. The highest BCUT2D eigenvalue weighted by Crippen LogP contribution is 2.31. The molecule has 4 N–H and O–H groups in total. The summed E-state index contributed by atoms with van der Waals surface area (Å²) in [6.07, 6.45) is -8.71. The van der Waals surface area contributed by atoms with E-state index in [4.69, 9.17) is 20.4 Å². The van der Waals surface area contributed by atoms with Crippen molar-refractivity contribution in [2.24, 2.45) is 0 Å². The number of rotatable bonds is 1. The average Bonchev–Trinajstić information content (AvgIpc) is 2.12. The maximum Gasteiger partial charge on any atom is 0.263 e. The van der Waals surface area contributed by atoms with E-state index in [0.717, 1.165) is 0 Å². The Morgan fingerprint density at radius 2 is 1.77 bits per heavy atom. The Morgan fingerprint density at radius 1 is 1.23 bits per heavy atom. The molecule has 0 aromatic heterocycles. The normalized spacial score (nSPS) is 52.2. The number of halogens is 2. The van der Waals surface area contributed by atoms with Gasteiger partial charge in [0, 0.05) is 0 Å². The fourth-order valence-corrected chi connectivity index (χ4v) is 1.05. The number of ether oxygens (including phenoxy) is 1. The van der Waals surface area contributed by atoms with Gasteiger partial charge >= 0.3 is 0 Å². The lowest BCUT2D eigenvalue weighted by Gasteiger charge is -2.40. The zero-order chi connectivity index (χ0) is 10.2. The van der Waals surface area contributed by atoms with Crippen molar-refractivity contribution in [2.45, 2.75) is 30.5 Å². The van der Waals surface area contributed by atoms with E-state index < -0.39 is 37.1 Å². The van der Waals surface area contributed by atoms with Crippen LogP contribution in [-0.2, 0) is 4.74 Å². The lowest BCUT2D eigenvalue weighted by molar-refractivity contribution is -0.349. The van der Waals surface area contributed by atoms with Crippen LogP contribution in [0.25, 0.3) is 0 Å². The first-order valence-electron chi connectivity index (χ1n) is 3.58. The molecule has 1 saturated heterocycles. The minimum atomic E-state index is -3.07. The van der Waals surface area contributed by atoms with Gasteiger partial charge in [-0.2, -0.15) is 0 Å². The summed E-state index contributed by atoms with van der Waals surface area (Å²) in [7, 11) is 0. The van der Waals surface area contributed by atoms with Crippen molar-refractivity contribution < 1.29 is 33.9 Å². The zero-order valence-corrected chi connectivity index (χ0v) is 6.47. The molecule has 1 aliphatic rings. The highest BCUT2D eigenvalue weighted by molar-refractivity contribution is 4.93. The SMILES string of the molecule is OC[C@]1(F)O[C@@H](F)[C@@H](O)[C@@H](O)[C@@H]1O. The molecule has 1 heterocycles. The van der Waals surface area contributed by atoms with Gasteiger partial charge in [0.2, 0.25) is 6.36 Å². The van der Waals surface area contributed by atoms with Gasteiger partial charge in [0.15, 0.2) is 0 Å². The average molecular weight is 200 g/mol. The summed E-state index contributed by atoms with van der Waals surface area (Å²) in [4.78, 5) is 0. The van der Waals surface area contributed by atoms with Crippen LogP contribution in [0.15, 0.2) is 0 Å². The van der Waals surface area contributed by atoms with Crippen LogP contribution >= 0.6 is 0 Å². The number of hydrogen-bond donors (Lipinski definition) is 4. The van der Waals surface area contributed by atoms with Crippen LogP contribution in [0.1, 0.15) is 0 Å². The Kier molecular flexibility index (Phi) is 2.83. The van der Waals surface area contributed by atoms with Crippen LogP contribution in [0.2, 0.25) is 0 Å². The van der Waals surface area contributed by atoms with Gasteiger partial charge in [-0.3, -0.25) is 0 Å². The van der Waals surface area contributed by atoms with Gasteiger partial charge in [-0.15, -0.1) is 0 Å². The van der Waals surface area contributed by atoms with E-state index in [2.05, 4.69) is 4.74 Å². The second-order valence-corrected chi connectivity index (χ2v) is 2.84. The molecule has 0 saturated carbocycles. The molecule has 1 rings (SSSR count). The van der Waals surface area contributed by atoms with Crippen LogP contribution in [0.3, 0.4) is 0 Å². The predicted octanol–water partition coefficient (Wildman–Crippen LogP) is -1.95. The predicted molar refractivity (Wildman–Crippen MR) is 34.9 cm³/mol. The van der Waals surface area contributed by atoms with E-state index in [9.17, 15) is 8.78 Å². The van der Waals surface area contributed by atoms with E-state index in [1.54, 1.807) is 0 Å². The molecule has 1 aliphatic heterocycles. The molecule has 5 nitrogen and oxygen atoms in total. The zero-order valence-electron chi connectivity index (χ0n) is 6.47. The third-order valence-electron chi connectivity index (χ3n) is 1.91. The summed E-state index contributed by atoms with van der Waals surface area (Å²) in [5.41, 5.74) is 0. The molecule has 0 bridgehead atoms. The van der Waals surface area contributed by atoms with E-state index in [1.165, 1.54) is 0 Å². The third kappa shape index (κ3) is 1.65. The van der Waals surface area contributed by atoms with Crippen molar-refractivity contribution >= 4 is 0 Å². The van der Waals surface area contributed by atoms with Gasteiger partial charge in [0.05, 0.1) is 0 Å². The first-order chi connectivity index (χ1) is 5.92. The molecule has 0 amide bonds. The minimum Gasteiger partial charge on any atom is -0.390 e. The van der Waals surface area contributed by atoms with Crippen molar-refractivity contribution in [3.8, 4) is 0 Å². The van der Waals surface area contributed by atoms with E-state index in [1.807, 2.05) is 0 Å². The minimum absolute atomic E-state index is 1.31. The molecular formula is C6H10F2O5. The summed E-state index contributed by atoms with van der Waals surface area (Å²) in [6, 6.07) is 0. The van der Waals surface area contributed by atoms with Gasteiger partial charge in [0.1, 0.15) is 24.9 Å². The Hall–Kier alpha value is -0.340. The monoisotopic (exact) mass is 200 g/mol. The first kappa shape index (κ1) is 10.7. The largest absolute Gasteiger partial charge is 0.390 e. The molecule has 5 atom stereocenters. The standard InChI is InChI=1S/C6H10F2O5/c7-5-3(11)2(10)4(12)6(8,1-9)13-5/h2-5,9-12H,1H2/t2-,3+,4+,5-,6+/m1/s1. The summed E-state index contributed by atoms with van der Waals surface area (Å²) >= 11 is 0. The van der Waals surface area contributed by atoms with Crippen molar-refractivity contribution in [3.05, 3.63) is 0 Å². The van der Waals surface area contributed by atoms with Gasteiger partial charge < -0.3 is 25.2 Å². The van der Waals surface area contributed by atoms with Crippen LogP contribution in [0.4, 0.5) is 8.78 Å². The number of hydrogen-bond acceptors (Lipinski definition) is 5. The van der Waals surface area contributed by atoms with Crippen molar-refractivity contribution in [1.29, 1.82) is 0 Å². The lowest BCUT2D eigenvalue weighted by Crippen LogP contribution is -2.62. The molecule has 1 fully saturated rings. The molecule has 13 heavy (non-hydrogen) atoms. The second-order valence-electron chi connectivity index (χ2n) is 2.84. The molecule has 0 aromatic carbocycles. The summed E-state index contributed by atoms with van der Waals surface area (Å²) in [5.74, 6) is -3.07. The van der Waals surface area contributed by atoms with Crippen molar-refractivity contribution in [3.63, 3.8) is 0 Å². The fourth-order valence-electron chi connectivity index (χ4n) is 1.05. The maximum absolute atomic E-state index is 13.1. The van der Waals surface area contributed by atoms with E-state index in [-0.39, 0.29) is 0 Å². The summed E-state index contributed by atoms with van der Waals surface area (Å²) in [5, 5.41) is 35.1. The Bertz CT molecular complexity index is 192. The summed E-state index contributed by atoms with van der Waals surface area (Å²) in [6.45, 7) is -1.31. The highest BCUT2D eigenvalue weighted by Gasteiger charge is 2.54. The molecule has 7 heteroatoms. The quantitative estimate of drug-likeness (QED) is 0.395. The lowest BCUT2D eigenvalue weighted by atomic mass is 9.98. The van der Waals surface area contributed by atoms with Crippen LogP contribution in [0, 0.1) is 0 Å². The first-order valence-corrected chi connectivity index (χ1v) is 3.58. The van der Waals surface area contributed by atoms with Crippen molar-refractivity contribution in [2.75, 3.05) is 6.61 Å². The molecule has 78 valence electrons. The van der Waals surface area contributed by atoms with Gasteiger partial charge in [-0.1, -0.05) is 0 Å². The molecule has 0 aliphatic carbocycles. The Balaban J connectivity index is 2.82. The van der Waals surface area contributed by atoms with Crippen molar-refractivity contribution in [1.82, 2.24) is 0 Å². The highest BCUT2D eigenvalue weighted by atomic mass is 19.2. The molecule has 0 spiro atoms. The fraction of sp³-hybridized carbons (Fsp3) is 1.00. The van der Waals surface area contributed by atoms with Gasteiger partial charge in [0.25, 0.3) is 5.85 Å². The maximum atomic E-state index is 13.1. The molecule has 0 aromatic rings. The van der Waals surface area contributed by atoms with Crippen LogP contribution in [-0.4, -0.2) is 57.6 Å². The van der Waals surface area contributed by atoms with E-state index in [0.29, 0.717) is 0 Å². The molecule has 0 radical (unpaired) electrons. The number of alkyl halides is 2. The van der Waals surface area contributed by atoms with Gasteiger partial charge in [-0.05, 0) is 0 Å². The van der Waals surface area contributed by atoms with E-state index >= 15 is 0 Å². The smallest absolute Gasteiger partial charge is 0.263 e. The van der Waals surface area contributed by atoms with Crippen LogP contribution < -0.4 is 0 Å². The number of aliphatic hydroxyl groups is 4. The number of aliphatic hydroxyl groups excluding tert-OH is 4. The van der Waals surface area contributed by atoms with Gasteiger partial charge in [-0.25, -0.2) is 8.78 Å². The molecular weight excluding hydrogens is 190 g/mol. The van der Waals surface area contributed by atoms with Crippen LogP contribution in [0.5, 0.6) is 0 Å².